The summed E-state index contributed by atoms with van der Waals surface area (Å²) in [6.45, 7) is 3.87. The van der Waals surface area contributed by atoms with Crippen molar-refractivity contribution in [1.82, 2.24) is 10.2 Å². The second-order valence-electron chi connectivity index (χ2n) is 4.83. The Bertz CT molecular complexity index is 416. The zero-order valence-electron chi connectivity index (χ0n) is 11.3. The highest BCUT2D eigenvalue weighted by Gasteiger charge is 2.24. The molecule has 0 amide bonds. The van der Waals surface area contributed by atoms with Crippen LogP contribution < -0.4 is 5.32 Å². The standard InChI is InChI=1S/C14H20BrFN2O.ClH/c15-11-3-4-12(13(16)10-11)14(2-1-9-19)18-7-5-17-6-8-18;/h3-4,10,14,17,19H,1-2,5-9H2;1H/t14-;/m1./s1. The Kier molecular flexibility index (Phi) is 7.99. The maximum atomic E-state index is 14.1. The fraction of sp³-hybridized carbons (Fsp3) is 0.571. The van der Waals surface area contributed by atoms with E-state index in [0.29, 0.717) is 6.42 Å². The van der Waals surface area contributed by atoms with Crippen LogP contribution in [0.25, 0.3) is 0 Å². The van der Waals surface area contributed by atoms with E-state index in [1.807, 2.05) is 12.1 Å². The number of nitrogens with zero attached hydrogens (tertiary/aromatic N) is 1. The SMILES string of the molecule is Cl.OCCC[C@H](c1ccc(Br)cc1F)N1CCNCC1. The van der Waals surface area contributed by atoms with Gasteiger partial charge in [-0.1, -0.05) is 22.0 Å². The molecule has 0 aromatic heterocycles. The van der Waals surface area contributed by atoms with Gasteiger partial charge in [-0.05, 0) is 25.0 Å². The van der Waals surface area contributed by atoms with E-state index in [2.05, 4.69) is 26.1 Å². The summed E-state index contributed by atoms with van der Waals surface area (Å²) in [5, 5.41) is 12.4. The number of rotatable bonds is 5. The summed E-state index contributed by atoms with van der Waals surface area (Å²) in [6, 6.07) is 5.31. The van der Waals surface area contributed by atoms with Gasteiger partial charge in [0.15, 0.2) is 0 Å². The van der Waals surface area contributed by atoms with Crippen LogP contribution in [-0.2, 0) is 0 Å². The average Bonchev–Trinajstić information content (AvgIpc) is 2.42. The number of aliphatic hydroxyl groups excluding tert-OH is 1. The summed E-state index contributed by atoms with van der Waals surface area (Å²) in [7, 11) is 0. The van der Waals surface area contributed by atoms with Crippen LogP contribution in [0.3, 0.4) is 0 Å². The first kappa shape index (κ1) is 17.9. The smallest absolute Gasteiger partial charge is 0.129 e. The van der Waals surface area contributed by atoms with E-state index in [-0.39, 0.29) is 30.9 Å². The number of halogens is 3. The van der Waals surface area contributed by atoms with Crippen molar-refractivity contribution >= 4 is 28.3 Å². The molecule has 1 atom stereocenters. The average molecular weight is 368 g/mol. The molecule has 1 aromatic carbocycles. The molecule has 1 heterocycles. The first-order chi connectivity index (χ1) is 9.22. The number of hydrogen-bond donors (Lipinski definition) is 2. The summed E-state index contributed by atoms with van der Waals surface area (Å²) >= 11 is 3.29. The first-order valence-electron chi connectivity index (χ1n) is 6.73. The van der Waals surface area contributed by atoms with Crippen LogP contribution in [0.4, 0.5) is 4.39 Å². The van der Waals surface area contributed by atoms with Crippen LogP contribution in [0.1, 0.15) is 24.4 Å². The van der Waals surface area contributed by atoms with Gasteiger partial charge in [0.1, 0.15) is 5.82 Å². The number of benzene rings is 1. The second-order valence-corrected chi connectivity index (χ2v) is 5.75. The summed E-state index contributed by atoms with van der Waals surface area (Å²) in [6.07, 6.45) is 1.49. The minimum Gasteiger partial charge on any atom is -0.396 e. The van der Waals surface area contributed by atoms with Gasteiger partial charge in [-0.2, -0.15) is 0 Å². The summed E-state index contributed by atoms with van der Waals surface area (Å²) in [5.74, 6) is -0.171. The maximum Gasteiger partial charge on any atom is 0.129 e. The van der Waals surface area contributed by atoms with Gasteiger partial charge in [0.2, 0.25) is 0 Å². The van der Waals surface area contributed by atoms with E-state index in [9.17, 15) is 4.39 Å². The predicted molar refractivity (Wildman–Crippen MR) is 84.9 cm³/mol. The van der Waals surface area contributed by atoms with Crippen LogP contribution in [0.15, 0.2) is 22.7 Å². The van der Waals surface area contributed by atoms with Crippen molar-refractivity contribution in [2.24, 2.45) is 0 Å². The highest BCUT2D eigenvalue weighted by Crippen LogP contribution is 2.29. The van der Waals surface area contributed by atoms with Crippen LogP contribution >= 0.6 is 28.3 Å². The molecular formula is C14H21BrClFN2O. The zero-order valence-corrected chi connectivity index (χ0v) is 13.7. The Morgan fingerprint density at radius 2 is 2.05 bits per heavy atom. The van der Waals surface area contributed by atoms with Gasteiger partial charge in [-0.3, -0.25) is 4.90 Å². The fourth-order valence-corrected chi connectivity index (χ4v) is 2.92. The minimum atomic E-state index is -0.171. The molecule has 1 aliphatic heterocycles. The molecule has 3 nitrogen and oxygen atoms in total. The highest BCUT2D eigenvalue weighted by atomic mass is 79.9. The Labute approximate surface area is 134 Å². The molecule has 6 heteroatoms. The van der Waals surface area contributed by atoms with Crippen LogP contribution in [-0.4, -0.2) is 42.8 Å². The Morgan fingerprint density at radius 3 is 2.65 bits per heavy atom. The predicted octanol–water partition coefficient (Wildman–Crippen LogP) is 2.73. The minimum absolute atomic E-state index is 0. The highest BCUT2D eigenvalue weighted by molar-refractivity contribution is 9.10. The molecule has 0 radical (unpaired) electrons. The van der Waals surface area contributed by atoms with Crippen molar-refractivity contribution in [3.8, 4) is 0 Å². The van der Waals surface area contributed by atoms with Gasteiger partial charge in [-0.25, -0.2) is 4.39 Å². The molecule has 1 saturated heterocycles. The molecular weight excluding hydrogens is 347 g/mol. The monoisotopic (exact) mass is 366 g/mol. The Balaban J connectivity index is 0.00000200. The molecule has 2 rings (SSSR count). The van der Waals surface area contributed by atoms with Gasteiger partial charge in [0.05, 0.1) is 0 Å². The molecule has 0 bridgehead atoms. The number of piperazine rings is 1. The van der Waals surface area contributed by atoms with Gasteiger partial charge in [0, 0.05) is 48.9 Å². The quantitative estimate of drug-likeness (QED) is 0.840. The van der Waals surface area contributed by atoms with E-state index >= 15 is 0 Å². The molecule has 114 valence electrons. The molecule has 0 saturated carbocycles. The third-order valence-corrected chi connectivity index (χ3v) is 4.04. The Morgan fingerprint density at radius 1 is 1.35 bits per heavy atom. The number of aliphatic hydroxyl groups is 1. The van der Waals surface area contributed by atoms with E-state index in [0.717, 1.165) is 42.6 Å². The molecule has 1 aromatic rings. The first-order valence-corrected chi connectivity index (χ1v) is 7.52. The molecule has 20 heavy (non-hydrogen) atoms. The summed E-state index contributed by atoms with van der Waals surface area (Å²) < 4.78 is 14.9. The van der Waals surface area contributed by atoms with Crippen molar-refractivity contribution < 1.29 is 9.50 Å². The van der Waals surface area contributed by atoms with Crippen LogP contribution in [0.5, 0.6) is 0 Å². The van der Waals surface area contributed by atoms with Gasteiger partial charge >= 0.3 is 0 Å². The maximum absolute atomic E-state index is 14.1. The molecule has 2 N–H and O–H groups in total. The summed E-state index contributed by atoms with van der Waals surface area (Å²) in [4.78, 5) is 2.30. The zero-order chi connectivity index (χ0) is 13.7. The van der Waals surface area contributed by atoms with E-state index in [4.69, 9.17) is 5.11 Å². The van der Waals surface area contributed by atoms with Crippen LogP contribution in [0.2, 0.25) is 0 Å². The normalized spacial score (nSPS) is 17.6. The lowest BCUT2D eigenvalue weighted by Gasteiger charge is -2.35. The molecule has 0 spiro atoms. The van der Waals surface area contributed by atoms with E-state index in [1.165, 1.54) is 6.07 Å². The lowest BCUT2D eigenvalue weighted by molar-refractivity contribution is 0.151. The van der Waals surface area contributed by atoms with E-state index in [1.54, 1.807) is 0 Å². The summed E-state index contributed by atoms with van der Waals surface area (Å²) in [5.41, 5.74) is 0.735. The molecule has 1 aliphatic rings. The lowest BCUT2D eigenvalue weighted by Crippen LogP contribution is -2.45. The molecule has 0 unspecified atom stereocenters. The second kappa shape index (κ2) is 8.95. The van der Waals surface area contributed by atoms with Gasteiger partial charge in [-0.15, -0.1) is 12.4 Å². The van der Waals surface area contributed by atoms with Gasteiger partial charge < -0.3 is 10.4 Å². The van der Waals surface area contributed by atoms with E-state index < -0.39 is 0 Å². The number of hydrogen-bond acceptors (Lipinski definition) is 3. The van der Waals surface area contributed by atoms with Crippen molar-refractivity contribution in [2.45, 2.75) is 18.9 Å². The largest absolute Gasteiger partial charge is 0.396 e. The third-order valence-electron chi connectivity index (χ3n) is 3.55. The lowest BCUT2D eigenvalue weighted by atomic mass is 9.99. The van der Waals surface area contributed by atoms with Crippen LogP contribution in [0, 0.1) is 5.82 Å². The van der Waals surface area contributed by atoms with Crippen molar-refractivity contribution in [3.63, 3.8) is 0 Å². The Hall–Kier alpha value is -0.200. The van der Waals surface area contributed by atoms with Gasteiger partial charge in [0.25, 0.3) is 0 Å². The van der Waals surface area contributed by atoms with Crippen molar-refractivity contribution in [3.05, 3.63) is 34.1 Å². The van der Waals surface area contributed by atoms with Crippen molar-refractivity contribution in [2.75, 3.05) is 32.8 Å². The molecule has 0 aliphatic carbocycles. The van der Waals surface area contributed by atoms with Crippen molar-refractivity contribution in [1.29, 1.82) is 0 Å². The number of nitrogens with one attached hydrogen (secondary N) is 1. The topological polar surface area (TPSA) is 35.5 Å². The third kappa shape index (κ3) is 4.67. The molecule has 1 fully saturated rings. The fourth-order valence-electron chi connectivity index (χ4n) is 2.58.